The molecule has 1 saturated heterocycles. The number of nitrogens with zero attached hydrogens (tertiary/aromatic N) is 3. The summed E-state index contributed by atoms with van der Waals surface area (Å²) in [6.45, 7) is 5.18. The molecular weight excluding hydrogens is 358 g/mol. The second kappa shape index (κ2) is 9.41. The molecule has 4 rings (SSSR count). The van der Waals surface area contributed by atoms with Crippen LogP contribution in [0.15, 0.2) is 60.7 Å². The fourth-order valence-electron chi connectivity index (χ4n) is 3.73. The summed E-state index contributed by atoms with van der Waals surface area (Å²) in [7, 11) is 0. The van der Waals surface area contributed by atoms with E-state index in [0.717, 1.165) is 49.7 Å². The van der Waals surface area contributed by atoms with Gasteiger partial charge >= 0.3 is 0 Å². The van der Waals surface area contributed by atoms with E-state index in [1.165, 1.54) is 24.1 Å². The van der Waals surface area contributed by atoms with Crippen LogP contribution in [0.2, 0.25) is 0 Å². The molecule has 1 aliphatic rings. The van der Waals surface area contributed by atoms with Crippen LogP contribution in [-0.2, 0) is 6.42 Å². The quantitative estimate of drug-likeness (QED) is 0.522. The van der Waals surface area contributed by atoms with Crippen molar-refractivity contribution in [3.05, 3.63) is 71.9 Å². The van der Waals surface area contributed by atoms with E-state index in [4.69, 9.17) is 0 Å². The maximum Gasteiger partial charge on any atom is 0.224 e. The van der Waals surface area contributed by atoms with Crippen molar-refractivity contribution in [1.82, 2.24) is 9.97 Å². The second-order valence-electron chi connectivity index (χ2n) is 7.60. The number of aromatic nitrogens is 2. The third-order valence-corrected chi connectivity index (χ3v) is 5.23. The first kappa shape index (κ1) is 19.2. The Hall–Kier alpha value is -3.08. The zero-order valence-corrected chi connectivity index (χ0v) is 17.1. The molecule has 0 aliphatic carbocycles. The minimum absolute atomic E-state index is 0.675. The maximum atomic E-state index is 4.63. The molecule has 150 valence electrons. The molecule has 5 heteroatoms. The van der Waals surface area contributed by atoms with Gasteiger partial charge in [-0.3, -0.25) is 0 Å². The van der Waals surface area contributed by atoms with Gasteiger partial charge in [0.1, 0.15) is 5.82 Å². The highest BCUT2D eigenvalue weighted by atomic mass is 15.2. The summed E-state index contributed by atoms with van der Waals surface area (Å²) < 4.78 is 0. The predicted molar refractivity (Wildman–Crippen MR) is 121 cm³/mol. The lowest BCUT2D eigenvalue weighted by Crippen LogP contribution is -2.17. The average Bonchev–Trinajstić information content (AvgIpc) is 3.27. The molecule has 2 N–H and O–H groups in total. The van der Waals surface area contributed by atoms with Crippen LogP contribution in [0.1, 0.15) is 30.5 Å². The van der Waals surface area contributed by atoms with Gasteiger partial charge in [0.15, 0.2) is 0 Å². The zero-order chi connectivity index (χ0) is 19.9. The van der Waals surface area contributed by atoms with E-state index in [2.05, 4.69) is 80.1 Å². The fraction of sp³-hybridized carbons (Fsp3) is 0.333. The first-order valence-corrected chi connectivity index (χ1v) is 10.5. The van der Waals surface area contributed by atoms with Crippen LogP contribution < -0.4 is 15.5 Å². The Balaban J connectivity index is 1.32. The van der Waals surface area contributed by atoms with Crippen LogP contribution in [0.4, 0.5) is 23.1 Å². The molecule has 2 aromatic carbocycles. The number of aryl methyl sites for hydroxylation is 2. The summed E-state index contributed by atoms with van der Waals surface area (Å²) in [6.07, 6.45) is 4.68. The highest BCUT2D eigenvalue weighted by Crippen LogP contribution is 2.24. The van der Waals surface area contributed by atoms with Gasteiger partial charge < -0.3 is 15.5 Å². The highest BCUT2D eigenvalue weighted by Gasteiger charge is 2.12. The lowest BCUT2D eigenvalue weighted by Gasteiger charge is -2.18. The molecule has 0 atom stereocenters. The van der Waals surface area contributed by atoms with Gasteiger partial charge in [-0.05, 0) is 62.4 Å². The van der Waals surface area contributed by atoms with Crippen LogP contribution >= 0.6 is 0 Å². The van der Waals surface area contributed by atoms with Crippen LogP contribution in [0.3, 0.4) is 0 Å². The number of hydrogen-bond acceptors (Lipinski definition) is 5. The molecule has 0 spiro atoms. The average molecular weight is 388 g/mol. The number of nitrogens with one attached hydrogen (secondary N) is 2. The molecule has 0 amide bonds. The van der Waals surface area contributed by atoms with Gasteiger partial charge in [-0.1, -0.05) is 30.3 Å². The summed E-state index contributed by atoms with van der Waals surface area (Å²) in [5, 5.41) is 6.77. The minimum atomic E-state index is 0.675. The van der Waals surface area contributed by atoms with Crippen molar-refractivity contribution in [2.45, 2.75) is 32.6 Å². The van der Waals surface area contributed by atoms with E-state index < -0.39 is 0 Å². The van der Waals surface area contributed by atoms with Gasteiger partial charge in [-0.25, -0.2) is 4.98 Å². The summed E-state index contributed by atoms with van der Waals surface area (Å²) in [4.78, 5) is 11.6. The van der Waals surface area contributed by atoms with Crippen LogP contribution in [0.5, 0.6) is 0 Å². The molecular formula is C24H29N5. The van der Waals surface area contributed by atoms with E-state index in [1.807, 2.05) is 13.0 Å². The van der Waals surface area contributed by atoms with E-state index >= 15 is 0 Å². The van der Waals surface area contributed by atoms with Crippen LogP contribution in [-0.4, -0.2) is 29.6 Å². The van der Waals surface area contributed by atoms with E-state index in [-0.39, 0.29) is 0 Å². The molecule has 0 bridgehead atoms. The van der Waals surface area contributed by atoms with E-state index in [0.29, 0.717) is 5.95 Å². The van der Waals surface area contributed by atoms with E-state index in [9.17, 15) is 0 Å². The summed E-state index contributed by atoms with van der Waals surface area (Å²) >= 11 is 0. The third-order valence-electron chi connectivity index (χ3n) is 5.23. The van der Waals surface area contributed by atoms with Gasteiger partial charge in [0.2, 0.25) is 5.95 Å². The van der Waals surface area contributed by atoms with Crippen molar-refractivity contribution in [3.63, 3.8) is 0 Å². The molecule has 5 nitrogen and oxygen atoms in total. The van der Waals surface area contributed by atoms with Crippen LogP contribution in [0, 0.1) is 6.92 Å². The first-order chi connectivity index (χ1) is 14.3. The van der Waals surface area contributed by atoms with Gasteiger partial charge in [0.05, 0.1) is 0 Å². The van der Waals surface area contributed by atoms with Crippen LogP contribution in [0.25, 0.3) is 0 Å². The molecule has 2 heterocycles. The Morgan fingerprint density at radius 2 is 1.69 bits per heavy atom. The lowest BCUT2D eigenvalue weighted by molar-refractivity contribution is 0.851. The Labute approximate surface area is 173 Å². The number of benzene rings is 2. The van der Waals surface area contributed by atoms with Crippen molar-refractivity contribution in [2.24, 2.45) is 0 Å². The lowest BCUT2D eigenvalue weighted by atomic mass is 10.1. The van der Waals surface area contributed by atoms with Gasteiger partial charge in [0.25, 0.3) is 0 Å². The van der Waals surface area contributed by atoms with Crippen molar-refractivity contribution in [1.29, 1.82) is 0 Å². The molecule has 0 unspecified atom stereocenters. The zero-order valence-electron chi connectivity index (χ0n) is 17.1. The Morgan fingerprint density at radius 1 is 0.931 bits per heavy atom. The fourth-order valence-corrected chi connectivity index (χ4v) is 3.73. The second-order valence-corrected chi connectivity index (χ2v) is 7.60. The Morgan fingerprint density at radius 3 is 2.45 bits per heavy atom. The summed E-state index contributed by atoms with van der Waals surface area (Å²) in [6, 6.07) is 21.1. The third kappa shape index (κ3) is 5.47. The molecule has 29 heavy (non-hydrogen) atoms. The normalized spacial score (nSPS) is 13.5. The number of rotatable bonds is 8. The van der Waals surface area contributed by atoms with Crippen molar-refractivity contribution >= 4 is 23.1 Å². The Kier molecular flexibility index (Phi) is 6.25. The van der Waals surface area contributed by atoms with Gasteiger partial charge in [-0.2, -0.15) is 4.98 Å². The predicted octanol–water partition coefficient (Wildman–Crippen LogP) is 5.17. The number of hydrogen-bond donors (Lipinski definition) is 2. The topological polar surface area (TPSA) is 53.1 Å². The van der Waals surface area contributed by atoms with E-state index in [1.54, 1.807) is 0 Å². The monoisotopic (exact) mass is 387 g/mol. The first-order valence-electron chi connectivity index (χ1n) is 10.5. The maximum absolute atomic E-state index is 4.63. The van der Waals surface area contributed by atoms with Crippen molar-refractivity contribution in [3.8, 4) is 0 Å². The largest absolute Gasteiger partial charge is 0.372 e. The molecule has 0 radical (unpaired) electrons. The van der Waals surface area contributed by atoms with Gasteiger partial charge in [0, 0.05) is 42.8 Å². The molecule has 1 aliphatic heterocycles. The minimum Gasteiger partial charge on any atom is -0.372 e. The van der Waals surface area contributed by atoms with Crippen molar-refractivity contribution in [2.75, 3.05) is 35.2 Å². The molecule has 0 saturated carbocycles. The van der Waals surface area contributed by atoms with Gasteiger partial charge in [-0.15, -0.1) is 0 Å². The summed E-state index contributed by atoms with van der Waals surface area (Å²) in [5.74, 6) is 1.49. The SMILES string of the molecule is Cc1cc(Nc2ccc(N3CCCC3)cc2)nc(NCCCc2ccccc2)n1. The smallest absolute Gasteiger partial charge is 0.224 e. The molecule has 3 aromatic rings. The highest BCUT2D eigenvalue weighted by molar-refractivity contribution is 5.61. The number of anilines is 4. The summed E-state index contributed by atoms with van der Waals surface area (Å²) in [5.41, 5.74) is 4.65. The van der Waals surface area contributed by atoms with Crippen molar-refractivity contribution < 1.29 is 0 Å². The molecule has 1 aromatic heterocycles. The Bertz CT molecular complexity index is 902. The molecule has 1 fully saturated rings. The standard InChI is InChI=1S/C24H29N5/c1-19-18-23(27-21-11-13-22(14-12-21)29-16-5-6-17-29)28-24(26-19)25-15-7-10-20-8-3-2-4-9-20/h2-4,8-9,11-14,18H,5-7,10,15-17H2,1H3,(H2,25,26,27,28).